The summed E-state index contributed by atoms with van der Waals surface area (Å²) in [5.74, 6) is 0.812. The lowest BCUT2D eigenvalue weighted by molar-refractivity contribution is 0.423. The number of aromatic nitrogens is 2. The molecule has 2 rings (SSSR count). The lowest BCUT2D eigenvalue weighted by Crippen LogP contribution is -2.30. The third-order valence-electron chi connectivity index (χ3n) is 3.02. The fraction of sp³-hybridized carbons (Fsp3) is 0.636. The van der Waals surface area contributed by atoms with Gasteiger partial charge in [-0.1, -0.05) is 13.3 Å². The smallest absolute Gasteiger partial charge is 0.0724 e. The molecule has 3 heteroatoms. The van der Waals surface area contributed by atoms with E-state index in [2.05, 4.69) is 22.2 Å². The topological polar surface area (TPSA) is 37.8 Å². The average Bonchev–Trinajstić information content (AvgIpc) is 2.63. The molecule has 1 aliphatic rings. The van der Waals surface area contributed by atoms with E-state index in [0.717, 1.165) is 18.2 Å². The van der Waals surface area contributed by atoms with Crippen LogP contribution in [0.3, 0.4) is 0 Å². The fourth-order valence-electron chi connectivity index (χ4n) is 2.11. The van der Waals surface area contributed by atoms with Crippen LogP contribution >= 0.6 is 0 Å². The molecule has 2 unspecified atom stereocenters. The van der Waals surface area contributed by atoms with Crippen LogP contribution in [0, 0.1) is 5.92 Å². The average molecular weight is 191 g/mol. The second kappa shape index (κ2) is 4.51. The Bertz CT molecular complexity index is 273. The molecule has 76 valence electrons. The molecule has 0 spiro atoms. The molecule has 1 aliphatic carbocycles. The van der Waals surface area contributed by atoms with E-state index in [-0.39, 0.29) is 0 Å². The summed E-state index contributed by atoms with van der Waals surface area (Å²) in [5, 5.41) is 3.55. The summed E-state index contributed by atoms with van der Waals surface area (Å²) >= 11 is 0. The van der Waals surface area contributed by atoms with Crippen LogP contribution in [0.5, 0.6) is 0 Å². The molecule has 2 atom stereocenters. The van der Waals surface area contributed by atoms with Gasteiger partial charge in [-0.3, -0.25) is 9.97 Å². The van der Waals surface area contributed by atoms with Crippen LogP contribution in [0.4, 0.5) is 0 Å². The molecule has 14 heavy (non-hydrogen) atoms. The van der Waals surface area contributed by atoms with Crippen molar-refractivity contribution < 1.29 is 0 Å². The van der Waals surface area contributed by atoms with Crippen molar-refractivity contribution in [3.05, 3.63) is 24.3 Å². The zero-order valence-corrected chi connectivity index (χ0v) is 8.61. The minimum Gasteiger partial charge on any atom is -0.308 e. The molecule has 0 radical (unpaired) electrons. The van der Waals surface area contributed by atoms with Gasteiger partial charge in [-0.25, -0.2) is 0 Å². The number of nitrogens with one attached hydrogen (secondary N) is 1. The van der Waals surface area contributed by atoms with E-state index in [9.17, 15) is 0 Å². The third kappa shape index (κ3) is 2.29. The van der Waals surface area contributed by atoms with Crippen molar-refractivity contribution in [3.63, 3.8) is 0 Å². The predicted molar refractivity (Wildman–Crippen MR) is 55.7 cm³/mol. The van der Waals surface area contributed by atoms with Gasteiger partial charge in [0, 0.05) is 31.2 Å². The van der Waals surface area contributed by atoms with E-state index in [0.29, 0.717) is 6.04 Å². The lowest BCUT2D eigenvalue weighted by atomic mass is 10.1. The predicted octanol–water partition coefficient (Wildman–Crippen LogP) is 1.75. The molecule has 1 heterocycles. The second-order valence-corrected chi connectivity index (χ2v) is 4.09. The Balaban J connectivity index is 1.82. The monoisotopic (exact) mass is 191 g/mol. The standard InChI is InChI=1S/C11H17N3/c1-9-3-2-4-11(9)14-8-10-7-12-5-6-13-10/h5-7,9,11,14H,2-4,8H2,1H3. The molecule has 1 aromatic heterocycles. The van der Waals surface area contributed by atoms with Crippen molar-refractivity contribution in [1.29, 1.82) is 0 Å². The Labute approximate surface area is 85.0 Å². The first-order chi connectivity index (χ1) is 6.86. The summed E-state index contributed by atoms with van der Waals surface area (Å²) in [4.78, 5) is 8.29. The Kier molecular flexibility index (Phi) is 3.09. The van der Waals surface area contributed by atoms with Gasteiger partial charge in [-0.15, -0.1) is 0 Å². The molecule has 0 bridgehead atoms. The number of nitrogens with zero attached hydrogens (tertiary/aromatic N) is 2. The van der Waals surface area contributed by atoms with Crippen LogP contribution in [-0.4, -0.2) is 16.0 Å². The minimum atomic E-state index is 0.678. The lowest BCUT2D eigenvalue weighted by Gasteiger charge is -2.16. The van der Waals surface area contributed by atoms with E-state index < -0.39 is 0 Å². The van der Waals surface area contributed by atoms with Crippen LogP contribution in [0.25, 0.3) is 0 Å². The number of hydrogen-bond acceptors (Lipinski definition) is 3. The van der Waals surface area contributed by atoms with Gasteiger partial charge in [0.05, 0.1) is 5.69 Å². The van der Waals surface area contributed by atoms with Gasteiger partial charge in [0.2, 0.25) is 0 Å². The van der Waals surface area contributed by atoms with Crippen LogP contribution < -0.4 is 5.32 Å². The second-order valence-electron chi connectivity index (χ2n) is 4.09. The van der Waals surface area contributed by atoms with Crippen molar-refractivity contribution >= 4 is 0 Å². The van der Waals surface area contributed by atoms with Crippen molar-refractivity contribution in [3.8, 4) is 0 Å². The van der Waals surface area contributed by atoms with Gasteiger partial charge in [-0.2, -0.15) is 0 Å². The highest BCUT2D eigenvalue weighted by molar-refractivity contribution is 4.95. The SMILES string of the molecule is CC1CCCC1NCc1cnccn1. The van der Waals surface area contributed by atoms with E-state index in [1.54, 1.807) is 12.4 Å². The Hall–Kier alpha value is -0.960. The molecule has 1 N–H and O–H groups in total. The van der Waals surface area contributed by atoms with E-state index >= 15 is 0 Å². The molecule has 1 saturated carbocycles. The largest absolute Gasteiger partial charge is 0.308 e. The van der Waals surface area contributed by atoms with Crippen LogP contribution in [0.2, 0.25) is 0 Å². The summed E-state index contributed by atoms with van der Waals surface area (Å²) < 4.78 is 0. The zero-order valence-electron chi connectivity index (χ0n) is 8.61. The maximum Gasteiger partial charge on any atom is 0.0724 e. The maximum absolute atomic E-state index is 4.24. The molecule has 0 aromatic carbocycles. The van der Waals surface area contributed by atoms with Crippen LogP contribution in [-0.2, 0) is 6.54 Å². The first-order valence-electron chi connectivity index (χ1n) is 5.34. The van der Waals surface area contributed by atoms with Gasteiger partial charge in [0.15, 0.2) is 0 Å². The molecular formula is C11H17N3. The van der Waals surface area contributed by atoms with Gasteiger partial charge in [-0.05, 0) is 18.8 Å². The summed E-state index contributed by atoms with van der Waals surface area (Å²) in [6.45, 7) is 3.17. The number of hydrogen-bond donors (Lipinski definition) is 1. The molecule has 1 aromatic rings. The van der Waals surface area contributed by atoms with Crippen LogP contribution in [0.15, 0.2) is 18.6 Å². The fourth-order valence-corrected chi connectivity index (χ4v) is 2.11. The third-order valence-corrected chi connectivity index (χ3v) is 3.02. The summed E-state index contributed by atoms with van der Waals surface area (Å²) in [6.07, 6.45) is 9.31. The minimum absolute atomic E-state index is 0.678. The summed E-state index contributed by atoms with van der Waals surface area (Å²) in [6, 6.07) is 0.678. The Morgan fingerprint density at radius 1 is 1.43 bits per heavy atom. The highest BCUT2D eigenvalue weighted by atomic mass is 14.9. The van der Waals surface area contributed by atoms with E-state index in [1.165, 1.54) is 19.3 Å². The summed E-state index contributed by atoms with van der Waals surface area (Å²) in [5.41, 5.74) is 1.03. The van der Waals surface area contributed by atoms with Crippen molar-refractivity contribution in [2.24, 2.45) is 5.92 Å². The first-order valence-corrected chi connectivity index (χ1v) is 5.34. The van der Waals surface area contributed by atoms with Gasteiger partial charge in [0.1, 0.15) is 0 Å². The van der Waals surface area contributed by atoms with Gasteiger partial charge in [0.25, 0.3) is 0 Å². The van der Waals surface area contributed by atoms with E-state index in [4.69, 9.17) is 0 Å². The van der Waals surface area contributed by atoms with Crippen LogP contribution in [0.1, 0.15) is 31.9 Å². The molecule has 0 aliphatic heterocycles. The highest BCUT2D eigenvalue weighted by Crippen LogP contribution is 2.24. The van der Waals surface area contributed by atoms with Crippen molar-refractivity contribution in [2.45, 2.75) is 38.8 Å². The Morgan fingerprint density at radius 3 is 3.00 bits per heavy atom. The number of rotatable bonds is 3. The van der Waals surface area contributed by atoms with E-state index in [1.807, 2.05) is 6.20 Å². The van der Waals surface area contributed by atoms with Crippen molar-refractivity contribution in [2.75, 3.05) is 0 Å². The molecule has 3 nitrogen and oxygen atoms in total. The normalized spacial score (nSPS) is 26.6. The van der Waals surface area contributed by atoms with Crippen molar-refractivity contribution in [1.82, 2.24) is 15.3 Å². The van der Waals surface area contributed by atoms with Gasteiger partial charge >= 0.3 is 0 Å². The maximum atomic E-state index is 4.24. The first kappa shape index (κ1) is 9.59. The molecule has 0 saturated heterocycles. The molecular weight excluding hydrogens is 174 g/mol. The Morgan fingerprint density at radius 2 is 2.36 bits per heavy atom. The highest BCUT2D eigenvalue weighted by Gasteiger charge is 2.22. The quantitative estimate of drug-likeness (QED) is 0.791. The molecule has 0 amide bonds. The molecule has 1 fully saturated rings. The summed E-state index contributed by atoms with van der Waals surface area (Å²) in [7, 11) is 0. The van der Waals surface area contributed by atoms with Gasteiger partial charge < -0.3 is 5.32 Å². The zero-order chi connectivity index (χ0) is 9.80.